The maximum atomic E-state index is 6.02. The van der Waals surface area contributed by atoms with E-state index in [1.165, 1.54) is 0 Å². The molecule has 18 heavy (non-hydrogen) atoms. The predicted molar refractivity (Wildman–Crippen MR) is 75.9 cm³/mol. The van der Waals surface area contributed by atoms with Gasteiger partial charge in [-0.15, -0.1) is 0 Å². The zero-order valence-corrected chi connectivity index (χ0v) is 10.4. The Kier molecular flexibility index (Phi) is 4.17. The smallest absolute Gasteiger partial charge is 0.215 e. The van der Waals surface area contributed by atoms with Crippen LogP contribution in [0.15, 0.2) is 59.6 Å². The first-order valence-corrected chi connectivity index (χ1v) is 5.79. The highest BCUT2D eigenvalue weighted by Crippen LogP contribution is 2.23. The molecule has 0 fully saturated rings. The van der Waals surface area contributed by atoms with Crippen molar-refractivity contribution in [3.63, 3.8) is 0 Å². The molecule has 0 unspecified atom stereocenters. The van der Waals surface area contributed by atoms with E-state index < -0.39 is 0 Å². The van der Waals surface area contributed by atoms with Gasteiger partial charge in [-0.25, -0.2) is 10.8 Å². The fourth-order valence-corrected chi connectivity index (χ4v) is 1.60. The van der Waals surface area contributed by atoms with Crippen LogP contribution in [0, 0.1) is 0 Å². The number of para-hydroxylation sites is 2. The number of rotatable bonds is 2. The SMILES string of the molecule is NNC(=Nc1ccccc1Cl)Nc1ccccc1. The first-order chi connectivity index (χ1) is 8.79. The number of benzene rings is 2. The van der Waals surface area contributed by atoms with Crippen molar-refractivity contribution in [1.29, 1.82) is 0 Å². The monoisotopic (exact) mass is 260 g/mol. The summed E-state index contributed by atoms with van der Waals surface area (Å²) in [5.41, 5.74) is 4.05. The summed E-state index contributed by atoms with van der Waals surface area (Å²) >= 11 is 6.02. The summed E-state index contributed by atoms with van der Waals surface area (Å²) in [6.07, 6.45) is 0. The number of aliphatic imine (C=N–C) groups is 1. The number of nitrogens with one attached hydrogen (secondary N) is 2. The Bertz CT molecular complexity index is 540. The third-order valence-corrected chi connectivity index (χ3v) is 2.58. The molecule has 0 aliphatic carbocycles. The van der Waals surface area contributed by atoms with Crippen molar-refractivity contribution in [3.05, 3.63) is 59.6 Å². The van der Waals surface area contributed by atoms with Gasteiger partial charge in [-0.2, -0.15) is 0 Å². The van der Waals surface area contributed by atoms with Crippen molar-refractivity contribution in [3.8, 4) is 0 Å². The highest BCUT2D eigenvalue weighted by molar-refractivity contribution is 6.33. The zero-order valence-electron chi connectivity index (χ0n) is 9.60. The molecule has 4 nitrogen and oxygen atoms in total. The number of guanidine groups is 1. The lowest BCUT2D eigenvalue weighted by Gasteiger charge is -2.09. The molecule has 4 N–H and O–H groups in total. The van der Waals surface area contributed by atoms with Gasteiger partial charge in [-0.05, 0) is 24.3 Å². The molecule has 0 spiro atoms. The van der Waals surface area contributed by atoms with Crippen LogP contribution in [0.1, 0.15) is 0 Å². The molecule has 0 radical (unpaired) electrons. The van der Waals surface area contributed by atoms with Crippen molar-refractivity contribution < 1.29 is 0 Å². The third-order valence-electron chi connectivity index (χ3n) is 2.26. The van der Waals surface area contributed by atoms with Crippen molar-refractivity contribution in [2.24, 2.45) is 10.8 Å². The van der Waals surface area contributed by atoms with Crippen LogP contribution in [0.25, 0.3) is 0 Å². The number of nitrogens with two attached hydrogens (primary N) is 1. The second kappa shape index (κ2) is 6.05. The van der Waals surface area contributed by atoms with Gasteiger partial charge in [-0.3, -0.25) is 5.43 Å². The lowest BCUT2D eigenvalue weighted by atomic mass is 10.3. The van der Waals surface area contributed by atoms with E-state index in [1.54, 1.807) is 6.07 Å². The summed E-state index contributed by atoms with van der Waals surface area (Å²) in [6.45, 7) is 0. The van der Waals surface area contributed by atoms with Crippen LogP contribution >= 0.6 is 11.6 Å². The normalized spacial score (nSPS) is 11.1. The molecule has 0 aliphatic rings. The Morgan fingerprint density at radius 3 is 2.33 bits per heavy atom. The molecule has 2 rings (SSSR count). The highest BCUT2D eigenvalue weighted by Gasteiger charge is 2.01. The van der Waals surface area contributed by atoms with Gasteiger partial charge in [-0.1, -0.05) is 41.9 Å². The molecule has 0 aromatic heterocycles. The minimum atomic E-state index is 0.425. The largest absolute Gasteiger partial charge is 0.325 e. The summed E-state index contributed by atoms with van der Waals surface area (Å²) in [6, 6.07) is 16.9. The molecular weight excluding hydrogens is 248 g/mol. The van der Waals surface area contributed by atoms with E-state index in [9.17, 15) is 0 Å². The Labute approximate surface area is 110 Å². The third kappa shape index (κ3) is 3.23. The van der Waals surface area contributed by atoms with E-state index in [0.717, 1.165) is 5.69 Å². The van der Waals surface area contributed by atoms with E-state index in [1.807, 2.05) is 48.5 Å². The first kappa shape index (κ1) is 12.4. The van der Waals surface area contributed by atoms with E-state index in [-0.39, 0.29) is 0 Å². The minimum absolute atomic E-state index is 0.425. The Morgan fingerprint density at radius 1 is 1.00 bits per heavy atom. The van der Waals surface area contributed by atoms with E-state index in [4.69, 9.17) is 17.4 Å². The second-order valence-corrected chi connectivity index (χ2v) is 3.95. The van der Waals surface area contributed by atoms with Gasteiger partial charge in [0.05, 0.1) is 10.7 Å². The maximum absolute atomic E-state index is 6.02. The Balaban J connectivity index is 2.21. The van der Waals surface area contributed by atoms with Crippen molar-refractivity contribution in [1.82, 2.24) is 5.43 Å². The number of hydrogen-bond donors (Lipinski definition) is 3. The van der Waals surface area contributed by atoms with Gasteiger partial charge in [0.1, 0.15) is 0 Å². The molecule has 0 saturated heterocycles. The second-order valence-electron chi connectivity index (χ2n) is 3.55. The van der Waals surface area contributed by atoms with Crippen molar-refractivity contribution in [2.75, 3.05) is 5.32 Å². The molecule has 0 aliphatic heterocycles. The molecule has 0 atom stereocenters. The summed E-state index contributed by atoms with van der Waals surface area (Å²) in [5.74, 6) is 5.86. The van der Waals surface area contributed by atoms with Crippen LogP contribution in [0.4, 0.5) is 11.4 Å². The van der Waals surface area contributed by atoms with E-state index in [2.05, 4.69) is 15.7 Å². The maximum Gasteiger partial charge on any atom is 0.215 e. The Morgan fingerprint density at radius 2 is 1.67 bits per heavy atom. The predicted octanol–water partition coefficient (Wildman–Crippen LogP) is 2.90. The summed E-state index contributed by atoms with van der Waals surface area (Å²) in [4.78, 5) is 4.31. The zero-order chi connectivity index (χ0) is 12.8. The molecular formula is C13H13ClN4. The lowest BCUT2D eigenvalue weighted by molar-refractivity contribution is 1.02. The van der Waals surface area contributed by atoms with Crippen molar-refractivity contribution >= 4 is 28.9 Å². The van der Waals surface area contributed by atoms with Crippen LogP contribution in [-0.4, -0.2) is 5.96 Å². The molecule has 2 aromatic rings. The quantitative estimate of drug-likeness (QED) is 0.337. The average molecular weight is 261 g/mol. The van der Waals surface area contributed by atoms with Gasteiger partial charge in [0.2, 0.25) is 5.96 Å². The fourth-order valence-electron chi connectivity index (χ4n) is 1.42. The number of halogens is 1. The fraction of sp³-hybridized carbons (Fsp3) is 0. The van der Waals surface area contributed by atoms with Gasteiger partial charge >= 0.3 is 0 Å². The number of anilines is 1. The van der Waals surface area contributed by atoms with Crippen LogP contribution < -0.4 is 16.6 Å². The standard InChI is InChI=1S/C13H13ClN4/c14-11-8-4-5-9-12(11)17-13(18-15)16-10-6-2-1-3-7-10/h1-9H,15H2,(H2,16,17,18). The molecule has 92 valence electrons. The van der Waals surface area contributed by atoms with Gasteiger partial charge in [0.15, 0.2) is 0 Å². The topological polar surface area (TPSA) is 62.4 Å². The molecule has 5 heteroatoms. The number of hydrazine groups is 1. The van der Waals surface area contributed by atoms with Crippen LogP contribution in [0.3, 0.4) is 0 Å². The van der Waals surface area contributed by atoms with Gasteiger partial charge in [0.25, 0.3) is 0 Å². The lowest BCUT2D eigenvalue weighted by Crippen LogP contribution is -2.35. The first-order valence-electron chi connectivity index (χ1n) is 5.41. The summed E-state index contributed by atoms with van der Waals surface area (Å²) in [7, 11) is 0. The summed E-state index contributed by atoms with van der Waals surface area (Å²) in [5, 5.41) is 3.63. The minimum Gasteiger partial charge on any atom is -0.325 e. The highest BCUT2D eigenvalue weighted by atomic mass is 35.5. The van der Waals surface area contributed by atoms with Gasteiger partial charge < -0.3 is 5.32 Å². The van der Waals surface area contributed by atoms with Crippen molar-refractivity contribution in [2.45, 2.75) is 0 Å². The number of hydrogen-bond acceptors (Lipinski definition) is 2. The molecule has 0 bridgehead atoms. The molecule has 0 amide bonds. The Hall–Kier alpha value is -2.04. The van der Waals surface area contributed by atoms with E-state index >= 15 is 0 Å². The van der Waals surface area contributed by atoms with Gasteiger partial charge in [0, 0.05) is 5.69 Å². The molecule has 2 aromatic carbocycles. The van der Waals surface area contributed by atoms with Crippen LogP contribution in [-0.2, 0) is 0 Å². The summed E-state index contributed by atoms with van der Waals surface area (Å²) < 4.78 is 0. The average Bonchev–Trinajstić information content (AvgIpc) is 2.41. The molecule has 0 saturated carbocycles. The van der Waals surface area contributed by atoms with E-state index in [0.29, 0.717) is 16.7 Å². The van der Waals surface area contributed by atoms with Crippen LogP contribution in [0.2, 0.25) is 5.02 Å². The molecule has 0 heterocycles. The number of nitrogens with zero attached hydrogens (tertiary/aromatic N) is 1. The van der Waals surface area contributed by atoms with Crippen LogP contribution in [0.5, 0.6) is 0 Å².